The molecular weight excluding hydrogens is 174 g/mol. The van der Waals surface area contributed by atoms with Crippen LogP contribution in [0.3, 0.4) is 0 Å². The van der Waals surface area contributed by atoms with E-state index in [-0.39, 0.29) is 0 Å². The first-order valence-electron chi connectivity index (χ1n) is 4.41. The number of anilines is 1. The molecule has 70 valence electrons. The molecule has 2 N–H and O–H groups in total. The number of benzene rings is 1. The number of nitrogens with two attached hydrogens (primary N) is 1. The van der Waals surface area contributed by atoms with Crippen molar-refractivity contribution in [3.63, 3.8) is 0 Å². The van der Waals surface area contributed by atoms with Crippen molar-refractivity contribution in [2.24, 2.45) is 0 Å². The standard InChI is InChI=1S/C11H11N3/c1-8-2-4-9(5-3-8)10-6-7-13-14-11(10)12/h2-7H,1H3,(H2,12,14). The molecule has 0 amide bonds. The second kappa shape index (κ2) is 3.46. The fraction of sp³-hybridized carbons (Fsp3) is 0.0909. The average Bonchev–Trinajstić information content (AvgIpc) is 2.20. The van der Waals surface area contributed by atoms with Gasteiger partial charge in [0.2, 0.25) is 0 Å². The maximum absolute atomic E-state index is 5.72. The van der Waals surface area contributed by atoms with Gasteiger partial charge >= 0.3 is 0 Å². The summed E-state index contributed by atoms with van der Waals surface area (Å²) in [6.07, 6.45) is 1.64. The number of aryl methyl sites for hydroxylation is 1. The number of hydrogen-bond donors (Lipinski definition) is 1. The molecule has 0 saturated heterocycles. The molecule has 0 spiro atoms. The Hall–Kier alpha value is -1.90. The number of nitrogens with zero attached hydrogens (tertiary/aromatic N) is 2. The van der Waals surface area contributed by atoms with E-state index in [2.05, 4.69) is 29.3 Å². The van der Waals surface area contributed by atoms with Gasteiger partial charge in [-0.2, -0.15) is 5.10 Å². The van der Waals surface area contributed by atoms with Crippen LogP contribution in [0.4, 0.5) is 5.82 Å². The Kier molecular flexibility index (Phi) is 2.14. The van der Waals surface area contributed by atoms with Gasteiger partial charge in [0.15, 0.2) is 5.82 Å². The van der Waals surface area contributed by atoms with Crippen LogP contribution < -0.4 is 5.73 Å². The Morgan fingerprint density at radius 3 is 2.43 bits per heavy atom. The predicted molar refractivity (Wildman–Crippen MR) is 56.6 cm³/mol. The van der Waals surface area contributed by atoms with Crippen molar-refractivity contribution in [2.75, 3.05) is 5.73 Å². The summed E-state index contributed by atoms with van der Waals surface area (Å²) in [5, 5.41) is 7.52. The van der Waals surface area contributed by atoms with Crippen LogP contribution in [0.15, 0.2) is 36.5 Å². The van der Waals surface area contributed by atoms with Gasteiger partial charge in [-0.25, -0.2) is 0 Å². The molecule has 1 aromatic heterocycles. The van der Waals surface area contributed by atoms with Gasteiger partial charge < -0.3 is 5.73 Å². The van der Waals surface area contributed by atoms with E-state index in [9.17, 15) is 0 Å². The van der Waals surface area contributed by atoms with Crippen molar-refractivity contribution in [3.05, 3.63) is 42.1 Å². The molecule has 0 atom stereocenters. The summed E-state index contributed by atoms with van der Waals surface area (Å²) >= 11 is 0. The Labute approximate surface area is 82.6 Å². The zero-order valence-corrected chi connectivity index (χ0v) is 7.94. The average molecular weight is 185 g/mol. The first-order valence-corrected chi connectivity index (χ1v) is 4.41. The highest BCUT2D eigenvalue weighted by molar-refractivity contribution is 5.72. The second-order valence-corrected chi connectivity index (χ2v) is 3.20. The maximum atomic E-state index is 5.72. The fourth-order valence-corrected chi connectivity index (χ4v) is 1.32. The molecule has 0 saturated carbocycles. The molecular formula is C11H11N3. The number of rotatable bonds is 1. The van der Waals surface area contributed by atoms with Crippen molar-refractivity contribution >= 4 is 5.82 Å². The Morgan fingerprint density at radius 2 is 1.79 bits per heavy atom. The molecule has 0 unspecified atom stereocenters. The zero-order valence-electron chi connectivity index (χ0n) is 7.94. The molecule has 3 nitrogen and oxygen atoms in total. The monoisotopic (exact) mass is 185 g/mol. The molecule has 1 heterocycles. The minimum absolute atomic E-state index is 0.469. The molecule has 3 heteroatoms. The zero-order chi connectivity index (χ0) is 9.97. The van der Waals surface area contributed by atoms with Gasteiger partial charge in [-0.15, -0.1) is 5.10 Å². The molecule has 1 aromatic carbocycles. The highest BCUT2D eigenvalue weighted by Crippen LogP contribution is 2.22. The van der Waals surface area contributed by atoms with Gasteiger partial charge in [-0.3, -0.25) is 0 Å². The summed E-state index contributed by atoms with van der Waals surface area (Å²) < 4.78 is 0. The molecule has 0 bridgehead atoms. The number of hydrogen-bond acceptors (Lipinski definition) is 3. The molecule has 0 radical (unpaired) electrons. The Balaban J connectivity index is 2.50. The van der Waals surface area contributed by atoms with Crippen LogP contribution in [0, 0.1) is 6.92 Å². The Bertz CT molecular complexity index is 435. The second-order valence-electron chi connectivity index (χ2n) is 3.20. The van der Waals surface area contributed by atoms with Crippen molar-refractivity contribution < 1.29 is 0 Å². The molecule has 0 fully saturated rings. The van der Waals surface area contributed by atoms with Gasteiger partial charge in [0.25, 0.3) is 0 Å². The summed E-state index contributed by atoms with van der Waals surface area (Å²) in [7, 11) is 0. The summed E-state index contributed by atoms with van der Waals surface area (Å²) in [5.74, 6) is 0.469. The van der Waals surface area contributed by atoms with Gasteiger partial charge in [0.1, 0.15) is 0 Å². The SMILES string of the molecule is Cc1ccc(-c2ccnnc2N)cc1. The third kappa shape index (κ3) is 1.57. The van der Waals surface area contributed by atoms with Crippen LogP contribution >= 0.6 is 0 Å². The van der Waals surface area contributed by atoms with Crippen LogP contribution in [0.5, 0.6) is 0 Å². The van der Waals surface area contributed by atoms with Crippen molar-refractivity contribution in [1.82, 2.24) is 10.2 Å². The smallest absolute Gasteiger partial charge is 0.153 e. The lowest BCUT2D eigenvalue weighted by Crippen LogP contribution is -1.95. The lowest BCUT2D eigenvalue weighted by molar-refractivity contribution is 1.04. The number of nitrogen functional groups attached to an aromatic ring is 1. The van der Waals surface area contributed by atoms with Gasteiger partial charge in [0, 0.05) is 5.56 Å². The highest BCUT2D eigenvalue weighted by atomic mass is 15.1. The first kappa shape index (κ1) is 8.69. The third-order valence-corrected chi connectivity index (χ3v) is 2.11. The van der Waals surface area contributed by atoms with E-state index in [1.807, 2.05) is 18.2 Å². The molecule has 14 heavy (non-hydrogen) atoms. The summed E-state index contributed by atoms with van der Waals surface area (Å²) in [6, 6.07) is 10.0. The van der Waals surface area contributed by atoms with Crippen molar-refractivity contribution in [2.45, 2.75) is 6.92 Å². The van der Waals surface area contributed by atoms with Gasteiger partial charge in [-0.05, 0) is 18.6 Å². The highest BCUT2D eigenvalue weighted by Gasteiger charge is 2.01. The first-order chi connectivity index (χ1) is 6.77. The van der Waals surface area contributed by atoms with E-state index < -0.39 is 0 Å². The topological polar surface area (TPSA) is 51.8 Å². The third-order valence-electron chi connectivity index (χ3n) is 2.11. The quantitative estimate of drug-likeness (QED) is 0.739. The number of aromatic nitrogens is 2. The molecule has 0 aliphatic heterocycles. The minimum atomic E-state index is 0.469. The summed E-state index contributed by atoms with van der Waals surface area (Å²) in [6.45, 7) is 2.05. The van der Waals surface area contributed by atoms with Crippen LogP contribution in [0.2, 0.25) is 0 Å². The maximum Gasteiger partial charge on any atom is 0.153 e. The minimum Gasteiger partial charge on any atom is -0.382 e. The van der Waals surface area contributed by atoms with Crippen LogP contribution in [-0.4, -0.2) is 10.2 Å². The van der Waals surface area contributed by atoms with Gasteiger partial charge in [-0.1, -0.05) is 29.8 Å². The fourth-order valence-electron chi connectivity index (χ4n) is 1.32. The predicted octanol–water partition coefficient (Wildman–Crippen LogP) is 2.03. The largest absolute Gasteiger partial charge is 0.382 e. The van der Waals surface area contributed by atoms with Crippen LogP contribution in [0.1, 0.15) is 5.56 Å². The molecule has 0 aliphatic rings. The molecule has 2 aromatic rings. The molecule has 2 rings (SSSR count). The van der Waals surface area contributed by atoms with E-state index in [1.54, 1.807) is 6.20 Å². The summed E-state index contributed by atoms with van der Waals surface area (Å²) in [5.41, 5.74) is 8.95. The van der Waals surface area contributed by atoms with Gasteiger partial charge in [0.05, 0.1) is 6.20 Å². The lowest BCUT2D eigenvalue weighted by Gasteiger charge is -2.03. The van der Waals surface area contributed by atoms with Crippen molar-refractivity contribution in [3.8, 4) is 11.1 Å². The normalized spacial score (nSPS) is 10.1. The Morgan fingerprint density at radius 1 is 1.07 bits per heavy atom. The van der Waals surface area contributed by atoms with E-state index in [1.165, 1.54) is 5.56 Å². The summed E-state index contributed by atoms with van der Waals surface area (Å²) in [4.78, 5) is 0. The van der Waals surface area contributed by atoms with Crippen molar-refractivity contribution in [1.29, 1.82) is 0 Å². The lowest BCUT2D eigenvalue weighted by atomic mass is 10.1. The van der Waals surface area contributed by atoms with E-state index in [0.717, 1.165) is 11.1 Å². The van der Waals surface area contributed by atoms with Crippen LogP contribution in [0.25, 0.3) is 11.1 Å². The van der Waals surface area contributed by atoms with E-state index in [0.29, 0.717) is 5.82 Å². The molecule has 0 aliphatic carbocycles. The van der Waals surface area contributed by atoms with E-state index in [4.69, 9.17) is 5.73 Å². The van der Waals surface area contributed by atoms with Crippen LogP contribution in [-0.2, 0) is 0 Å². The van der Waals surface area contributed by atoms with E-state index >= 15 is 0 Å².